The van der Waals surface area contributed by atoms with Crippen molar-refractivity contribution in [1.29, 1.82) is 0 Å². The maximum absolute atomic E-state index is 6.11. The Morgan fingerprint density at radius 1 is 1.41 bits per heavy atom. The van der Waals surface area contributed by atoms with E-state index in [1.165, 1.54) is 0 Å². The summed E-state index contributed by atoms with van der Waals surface area (Å²) in [6.07, 6.45) is 0. The Balaban J connectivity index is 2.19. The van der Waals surface area contributed by atoms with Crippen molar-refractivity contribution in [3.63, 3.8) is 0 Å². The third kappa shape index (κ3) is 2.11. The van der Waals surface area contributed by atoms with Crippen LogP contribution in [0, 0.1) is 6.92 Å². The second kappa shape index (κ2) is 4.56. The van der Waals surface area contributed by atoms with Crippen LogP contribution in [-0.4, -0.2) is 46.9 Å². The number of hydrogen-bond donors (Lipinski definition) is 1. The molecule has 96 valence electrons. The molecule has 0 aliphatic carbocycles. The summed E-state index contributed by atoms with van der Waals surface area (Å²) in [5.74, 6) is 1.07. The summed E-state index contributed by atoms with van der Waals surface area (Å²) in [4.78, 5) is 4.85. The first-order valence-corrected chi connectivity index (χ1v) is 6.32. The van der Waals surface area contributed by atoms with Gasteiger partial charge < -0.3 is 10.6 Å². The van der Waals surface area contributed by atoms with E-state index in [-0.39, 0.29) is 0 Å². The molecule has 17 heavy (non-hydrogen) atoms. The number of nitrogens with zero attached hydrogens (tertiary/aromatic N) is 4. The van der Waals surface area contributed by atoms with E-state index in [0.29, 0.717) is 6.04 Å². The molecule has 1 aliphatic heterocycles. The van der Waals surface area contributed by atoms with Crippen LogP contribution < -0.4 is 10.6 Å². The number of nitrogen functional groups attached to an aromatic ring is 1. The number of piperazine rings is 1. The maximum Gasteiger partial charge on any atom is 0.150 e. The molecule has 0 aromatic carbocycles. The predicted molar refractivity (Wildman–Crippen MR) is 71.3 cm³/mol. The van der Waals surface area contributed by atoms with E-state index in [1.807, 2.05) is 18.7 Å². The van der Waals surface area contributed by atoms with Crippen molar-refractivity contribution in [2.75, 3.05) is 36.8 Å². The highest BCUT2D eigenvalue weighted by Gasteiger charge is 2.26. The molecule has 1 aromatic rings. The summed E-state index contributed by atoms with van der Waals surface area (Å²) >= 11 is 0. The van der Waals surface area contributed by atoms with Crippen molar-refractivity contribution in [1.82, 2.24) is 14.7 Å². The van der Waals surface area contributed by atoms with E-state index in [2.05, 4.69) is 28.7 Å². The van der Waals surface area contributed by atoms with Crippen molar-refractivity contribution < 1.29 is 0 Å². The molecular formula is C12H23N5. The summed E-state index contributed by atoms with van der Waals surface area (Å²) in [6.45, 7) is 10.7. The minimum atomic E-state index is 0.573. The van der Waals surface area contributed by atoms with Crippen molar-refractivity contribution >= 4 is 11.5 Å². The van der Waals surface area contributed by atoms with E-state index < -0.39 is 0 Å². The highest BCUT2D eigenvalue weighted by atomic mass is 15.4. The Kier molecular flexibility index (Phi) is 3.28. The van der Waals surface area contributed by atoms with Crippen molar-refractivity contribution in [3.8, 4) is 0 Å². The van der Waals surface area contributed by atoms with Crippen molar-refractivity contribution in [3.05, 3.63) is 5.69 Å². The maximum atomic E-state index is 6.11. The standard InChI is InChI=1S/C12H23N5/c1-5-16-6-7-17(8-9(16)2)12-11(13)10(3)14-15(12)4/h9H,5-8,13H2,1-4H3. The molecule has 0 saturated carbocycles. The normalized spacial score (nSPS) is 22.1. The van der Waals surface area contributed by atoms with Gasteiger partial charge in [0.2, 0.25) is 0 Å². The van der Waals surface area contributed by atoms with Gasteiger partial charge in [0, 0.05) is 32.7 Å². The molecule has 0 radical (unpaired) electrons. The van der Waals surface area contributed by atoms with Crippen LogP contribution >= 0.6 is 0 Å². The molecule has 1 aromatic heterocycles. The zero-order chi connectivity index (χ0) is 12.6. The highest BCUT2D eigenvalue weighted by Crippen LogP contribution is 2.27. The monoisotopic (exact) mass is 237 g/mol. The number of rotatable bonds is 2. The zero-order valence-electron chi connectivity index (χ0n) is 11.3. The van der Waals surface area contributed by atoms with Crippen LogP contribution in [0.1, 0.15) is 19.5 Å². The summed E-state index contributed by atoms with van der Waals surface area (Å²) in [5.41, 5.74) is 7.86. The molecule has 2 heterocycles. The van der Waals surface area contributed by atoms with E-state index in [0.717, 1.165) is 43.4 Å². The lowest BCUT2D eigenvalue weighted by molar-refractivity contribution is 0.198. The molecule has 1 atom stereocenters. The molecule has 5 nitrogen and oxygen atoms in total. The van der Waals surface area contributed by atoms with Gasteiger partial charge in [0.15, 0.2) is 0 Å². The summed E-state index contributed by atoms with van der Waals surface area (Å²) in [7, 11) is 1.97. The molecule has 0 amide bonds. The third-order valence-electron chi connectivity index (χ3n) is 3.71. The average molecular weight is 237 g/mol. The average Bonchev–Trinajstić information content (AvgIpc) is 2.53. The minimum absolute atomic E-state index is 0.573. The molecule has 0 bridgehead atoms. The SMILES string of the molecule is CCN1CCN(c2c(N)c(C)nn2C)CC1C. The van der Waals surface area contributed by atoms with Gasteiger partial charge >= 0.3 is 0 Å². The van der Waals surface area contributed by atoms with Gasteiger partial charge in [0.1, 0.15) is 5.82 Å². The number of aromatic nitrogens is 2. The first kappa shape index (κ1) is 12.2. The minimum Gasteiger partial charge on any atom is -0.394 e. The summed E-state index contributed by atoms with van der Waals surface area (Å²) in [5, 5.41) is 4.39. The Labute approximate surface area is 103 Å². The number of nitrogens with two attached hydrogens (primary N) is 1. The quantitative estimate of drug-likeness (QED) is 0.828. The predicted octanol–water partition coefficient (Wildman–Crippen LogP) is 0.841. The van der Waals surface area contributed by atoms with Crippen LogP contribution in [0.4, 0.5) is 11.5 Å². The molecule has 1 saturated heterocycles. The number of aryl methyl sites for hydroxylation is 2. The number of anilines is 2. The van der Waals surface area contributed by atoms with Gasteiger partial charge in [-0.15, -0.1) is 0 Å². The topological polar surface area (TPSA) is 50.3 Å². The van der Waals surface area contributed by atoms with Gasteiger partial charge in [-0.05, 0) is 20.4 Å². The second-order valence-electron chi connectivity index (χ2n) is 4.87. The second-order valence-corrected chi connectivity index (χ2v) is 4.87. The van der Waals surface area contributed by atoms with Crippen LogP contribution in [0.25, 0.3) is 0 Å². The number of likely N-dealkylation sites (N-methyl/N-ethyl adjacent to an activating group) is 1. The van der Waals surface area contributed by atoms with Crippen molar-refractivity contribution in [2.45, 2.75) is 26.8 Å². The van der Waals surface area contributed by atoms with Crippen LogP contribution in [0.2, 0.25) is 0 Å². The van der Waals surface area contributed by atoms with Crippen LogP contribution in [0.5, 0.6) is 0 Å². The third-order valence-corrected chi connectivity index (χ3v) is 3.71. The fraction of sp³-hybridized carbons (Fsp3) is 0.750. The smallest absolute Gasteiger partial charge is 0.150 e. The van der Waals surface area contributed by atoms with Gasteiger partial charge in [-0.3, -0.25) is 9.58 Å². The fourth-order valence-electron chi connectivity index (χ4n) is 2.69. The van der Waals surface area contributed by atoms with Crippen molar-refractivity contribution in [2.24, 2.45) is 7.05 Å². The largest absolute Gasteiger partial charge is 0.394 e. The molecule has 0 spiro atoms. The Morgan fingerprint density at radius 2 is 2.12 bits per heavy atom. The molecule has 2 N–H and O–H groups in total. The molecule has 1 fully saturated rings. The van der Waals surface area contributed by atoms with Gasteiger partial charge in [-0.1, -0.05) is 6.92 Å². The Bertz CT molecular complexity index is 398. The molecule has 1 aliphatic rings. The van der Waals surface area contributed by atoms with E-state index in [1.54, 1.807) is 0 Å². The lowest BCUT2D eigenvalue weighted by Gasteiger charge is -2.40. The Hall–Kier alpha value is -1.23. The van der Waals surface area contributed by atoms with Crippen LogP contribution in [-0.2, 0) is 7.05 Å². The summed E-state index contributed by atoms with van der Waals surface area (Å²) < 4.78 is 1.90. The van der Waals surface area contributed by atoms with Gasteiger partial charge in [-0.2, -0.15) is 5.10 Å². The lowest BCUT2D eigenvalue weighted by Crippen LogP contribution is -2.52. The van der Waals surface area contributed by atoms with Crippen LogP contribution in [0.15, 0.2) is 0 Å². The van der Waals surface area contributed by atoms with Gasteiger partial charge in [0.25, 0.3) is 0 Å². The highest BCUT2D eigenvalue weighted by molar-refractivity contribution is 5.66. The Morgan fingerprint density at radius 3 is 2.59 bits per heavy atom. The summed E-state index contributed by atoms with van der Waals surface area (Å²) in [6, 6.07) is 0.573. The lowest BCUT2D eigenvalue weighted by atomic mass is 10.2. The first-order valence-electron chi connectivity index (χ1n) is 6.32. The molecule has 2 rings (SSSR count). The zero-order valence-corrected chi connectivity index (χ0v) is 11.3. The van der Waals surface area contributed by atoms with E-state index >= 15 is 0 Å². The van der Waals surface area contributed by atoms with E-state index in [9.17, 15) is 0 Å². The van der Waals surface area contributed by atoms with E-state index in [4.69, 9.17) is 5.73 Å². The van der Waals surface area contributed by atoms with Gasteiger partial charge in [0.05, 0.1) is 11.4 Å². The molecule has 1 unspecified atom stereocenters. The molecular weight excluding hydrogens is 214 g/mol. The van der Waals surface area contributed by atoms with Gasteiger partial charge in [-0.25, -0.2) is 0 Å². The fourth-order valence-corrected chi connectivity index (χ4v) is 2.69. The number of hydrogen-bond acceptors (Lipinski definition) is 4. The molecule has 5 heteroatoms. The van der Waals surface area contributed by atoms with Crippen LogP contribution in [0.3, 0.4) is 0 Å². The first-order chi connectivity index (χ1) is 8.04.